The Hall–Kier alpha value is -13.5. The number of benzene rings is 14. The van der Waals surface area contributed by atoms with Crippen molar-refractivity contribution in [3.63, 3.8) is 0 Å². The summed E-state index contributed by atoms with van der Waals surface area (Å²) in [5.41, 5.74) is 20.3. The zero-order valence-electron chi connectivity index (χ0n) is 55.6. The topological polar surface area (TPSA) is 151 Å². The van der Waals surface area contributed by atoms with Crippen molar-refractivity contribution in [2.24, 2.45) is 9.98 Å². The van der Waals surface area contributed by atoms with Crippen molar-refractivity contribution in [1.29, 1.82) is 0 Å². The monoisotopic (exact) mass is 1340 g/mol. The first-order chi connectivity index (χ1) is 51.5. The fraction of sp³-hybridized carbons (Fsp3) is 0.0435. The maximum Gasteiger partial charge on any atom is 0.154 e. The van der Waals surface area contributed by atoms with E-state index in [0.29, 0.717) is 0 Å². The fourth-order valence-corrected chi connectivity index (χ4v) is 16.4. The molecule has 2 aliphatic rings. The molecule has 2 aliphatic heterocycles. The molecule has 0 saturated heterocycles. The molecule has 0 bridgehead atoms. The lowest BCUT2D eigenvalue weighted by atomic mass is 9.91. The van der Waals surface area contributed by atoms with E-state index in [-0.39, 0.29) is 18.5 Å². The van der Waals surface area contributed by atoms with Crippen LogP contribution < -0.4 is 21.3 Å². The van der Waals surface area contributed by atoms with Crippen molar-refractivity contribution in [1.82, 2.24) is 31.2 Å². The van der Waals surface area contributed by atoms with Crippen molar-refractivity contribution in [2.45, 2.75) is 24.7 Å². The van der Waals surface area contributed by atoms with Crippen molar-refractivity contribution in [2.75, 3.05) is 0 Å². The van der Waals surface area contributed by atoms with Gasteiger partial charge in [-0.3, -0.25) is 15.6 Å². The second-order valence-corrected chi connectivity index (χ2v) is 27.3. The first-order valence-electron chi connectivity index (χ1n) is 35.2. The molecular weight excluding hydrogens is 1280 g/mol. The highest BCUT2D eigenvalue weighted by atomic mass is 16.3. The third-order valence-electron chi connectivity index (χ3n) is 21.3. The van der Waals surface area contributed by atoms with E-state index in [4.69, 9.17) is 37.6 Å². The van der Waals surface area contributed by atoms with E-state index in [1.165, 1.54) is 0 Å². The quantitative estimate of drug-likeness (QED) is 0.110. The highest BCUT2D eigenvalue weighted by molar-refractivity contribution is 6.27. The van der Waals surface area contributed by atoms with Crippen LogP contribution in [0.25, 0.3) is 164 Å². The van der Waals surface area contributed by atoms with Gasteiger partial charge in [-0.15, -0.1) is 0 Å². The number of fused-ring (bicyclic) bond motifs is 16. The normalized spacial score (nSPS) is 16.5. The smallest absolute Gasteiger partial charge is 0.154 e. The molecule has 490 valence electrons. The molecule has 4 atom stereocenters. The van der Waals surface area contributed by atoms with E-state index in [1.54, 1.807) is 0 Å². The average molecular weight is 1340 g/mol. The van der Waals surface area contributed by atoms with Gasteiger partial charge in [-0.2, -0.15) is 0 Å². The number of amidine groups is 2. The van der Waals surface area contributed by atoms with Gasteiger partial charge in [0.1, 0.15) is 80.9 Å². The lowest BCUT2D eigenvalue weighted by Crippen LogP contribution is -2.45. The molecule has 0 amide bonds. The minimum absolute atomic E-state index is 0.212. The number of nitrogens with zero attached hydrogens (tertiary/aromatic N) is 4. The third kappa shape index (κ3) is 9.32. The summed E-state index contributed by atoms with van der Waals surface area (Å²) in [4.78, 5) is 21.0. The van der Waals surface area contributed by atoms with Gasteiger partial charge in [-0.25, -0.2) is 15.0 Å². The Balaban J connectivity index is 0.641. The molecule has 12 nitrogen and oxygen atoms in total. The summed E-state index contributed by atoms with van der Waals surface area (Å²) in [7, 11) is 0. The van der Waals surface area contributed by atoms with Crippen molar-refractivity contribution >= 4 is 143 Å². The van der Waals surface area contributed by atoms with E-state index < -0.39 is 6.17 Å². The molecule has 0 aliphatic carbocycles. The highest BCUT2D eigenvalue weighted by Gasteiger charge is 2.32. The summed E-state index contributed by atoms with van der Waals surface area (Å²) in [5, 5.41) is 29.9. The maximum absolute atomic E-state index is 7.25. The molecule has 12 heteroatoms. The Bertz CT molecular complexity index is 7050. The van der Waals surface area contributed by atoms with Gasteiger partial charge in [0, 0.05) is 77.7 Å². The zero-order chi connectivity index (χ0) is 68.1. The van der Waals surface area contributed by atoms with Crippen molar-refractivity contribution in [3.05, 3.63) is 337 Å². The van der Waals surface area contributed by atoms with Crippen LogP contribution in [0.1, 0.15) is 58.0 Å². The van der Waals surface area contributed by atoms with Crippen LogP contribution in [0.3, 0.4) is 0 Å². The highest BCUT2D eigenvalue weighted by Crippen LogP contribution is 2.49. The fourth-order valence-electron chi connectivity index (χ4n) is 16.4. The molecule has 4 N–H and O–H groups in total. The summed E-state index contributed by atoms with van der Waals surface area (Å²) in [5.74, 6) is 1.54. The summed E-state index contributed by atoms with van der Waals surface area (Å²) in [6, 6.07) is 102. The minimum Gasteiger partial charge on any atom is -0.456 e. The van der Waals surface area contributed by atoms with Crippen LogP contribution in [0.2, 0.25) is 0 Å². The molecular formula is C92H58N8O4. The largest absolute Gasteiger partial charge is 0.456 e. The van der Waals surface area contributed by atoms with E-state index in [0.717, 1.165) is 210 Å². The number of aliphatic imine (C=N–C) groups is 2. The Morgan fingerprint density at radius 3 is 1.49 bits per heavy atom. The van der Waals surface area contributed by atoms with Crippen molar-refractivity contribution in [3.8, 4) is 33.4 Å². The van der Waals surface area contributed by atoms with E-state index in [2.05, 4.69) is 252 Å². The van der Waals surface area contributed by atoms with Gasteiger partial charge in [0.25, 0.3) is 0 Å². The summed E-state index contributed by atoms with van der Waals surface area (Å²) in [6.45, 7) is 0. The van der Waals surface area contributed by atoms with Crippen LogP contribution in [0, 0.1) is 0 Å². The Kier molecular flexibility index (Phi) is 12.9. The third-order valence-corrected chi connectivity index (χ3v) is 21.3. The standard InChI is InChI=1S/C92H58N8O4/c1-3-16-51(17-4-1)87-95-89(99-91(97-87)68-25-15-29-75-80(68)65-21-8-11-27-73(65)101-75)61-38-34-53-44-57(36-32-55(53)46-61)63-23-13-30-76-79(63)70-48-59-42-43-93-50-71(59)82(86(70)104-76)67-40-41-69(81-66-22-9-12-28-74(66)103-85(67)81)92-98-88(52-18-5-2-6-19-52)96-90(100-92)62-39-35-54-45-58(37-33-56(54)47-62)64-24-14-31-77-83(64)84-78(102-77)49-60-20-7-10-26-72(60)94-84/h1-50,87-90,95-96H,(H,97,99)(H,98,100). The maximum atomic E-state index is 7.25. The predicted octanol–water partition coefficient (Wildman–Crippen LogP) is 22.4. The van der Waals surface area contributed by atoms with Crippen LogP contribution in [0.5, 0.6) is 0 Å². The molecule has 8 heterocycles. The van der Waals surface area contributed by atoms with Crippen LogP contribution >= 0.6 is 0 Å². The number of nitrogens with one attached hydrogen (secondary N) is 4. The number of pyridine rings is 2. The van der Waals surface area contributed by atoms with Crippen molar-refractivity contribution < 1.29 is 17.7 Å². The Labute approximate surface area is 593 Å². The molecule has 0 fully saturated rings. The van der Waals surface area contributed by atoms with Crippen LogP contribution in [0.15, 0.2) is 331 Å². The first kappa shape index (κ1) is 58.3. The molecule has 20 aromatic rings. The molecule has 4 unspecified atom stereocenters. The second kappa shape index (κ2) is 23.0. The van der Waals surface area contributed by atoms with Gasteiger partial charge in [-0.1, -0.05) is 200 Å². The van der Waals surface area contributed by atoms with Gasteiger partial charge in [0.05, 0.1) is 10.9 Å². The van der Waals surface area contributed by atoms with Gasteiger partial charge in [-0.05, 0) is 162 Å². The lowest BCUT2D eigenvalue weighted by Gasteiger charge is -2.32. The minimum atomic E-state index is -0.431. The molecule has 0 radical (unpaired) electrons. The van der Waals surface area contributed by atoms with Crippen LogP contribution in [0.4, 0.5) is 0 Å². The number of rotatable bonds is 9. The summed E-state index contributed by atoms with van der Waals surface area (Å²) < 4.78 is 27.2. The number of hydrogen-bond donors (Lipinski definition) is 4. The number of para-hydroxylation sites is 3. The van der Waals surface area contributed by atoms with Gasteiger partial charge in [0.2, 0.25) is 0 Å². The van der Waals surface area contributed by atoms with E-state index >= 15 is 0 Å². The predicted molar refractivity (Wildman–Crippen MR) is 420 cm³/mol. The van der Waals surface area contributed by atoms with E-state index in [9.17, 15) is 0 Å². The SMILES string of the molecule is c1ccc(C2NC(c3cccc4oc5ccccc5c34)=NC(c3ccc4cc(-c5cccc6oc7c(-c8ccc(C9=NC(c%10ccc%11cc(-c%12cccc%13oc%14cc%15ccccc%15nc%14c%12%13)ccc%11c%10)NC(c%10ccccc%10)N9)c9c8oc8ccccc89)c8cnccc8cc7c56)ccc4c3)N2)cc1. The molecule has 0 spiro atoms. The number of aromatic nitrogens is 2. The van der Waals surface area contributed by atoms with Gasteiger partial charge >= 0.3 is 0 Å². The summed E-state index contributed by atoms with van der Waals surface area (Å²) in [6.07, 6.45) is 2.52. The van der Waals surface area contributed by atoms with Gasteiger partial charge < -0.3 is 28.3 Å². The average Bonchev–Trinajstić information content (AvgIpc) is 1.53. The first-order valence-corrected chi connectivity index (χ1v) is 35.2. The van der Waals surface area contributed by atoms with Crippen LogP contribution in [-0.4, -0.2) is 21.6 Å². The molecule has 14 aromatic carbocycles. The van der Waals surface area contributed by atoms with E-state index in [1.807, 2.05) is 73.1 Å². The van der Waals surface area contributed by atoms with Gasteiger partial charge in [0.15, 0.2) is 5.58 Å². The second-order valence-electron chi connectivity index (χ2n) is 27.3. The Morgan fingerprint density at radius 1 is 0.298 bits per heavy atom. The molecule has 6 aromatic heterocycles. The lowest BCUT2D eigenvalue weighted by molar-refractivity contribution is 0.409. The van der Waals surface area contributed by atoms with Crippen LogP contribution in [-0.2, 0) is 0 Å². The summed E-state index contributed by atoms with van der Waals surface area (Å²) >= 11 is 0. The number of furan rings is 4. The molecule has 104 heavy (non-hydrogen) atoms. The number of hydrogen-bond acceptors (Lipinski definition) is 12. The zero-order valence-corrected chi connectivity index (χ0v) is 55.6. The molecule has 22 rings (SSSR count). The Morgan fingerprint density at radius 2 is 0.808 bits per heavy atom. The molecule has 0 saturated carbocycles.